The fourth-order valence-corrected chi connectivity index (χ4v) is 9.16. The number of amides is 1. The van der Waals surface area contributed by atoms with E-state index in [1.54, 1.807) is 30.2 Å². The largest absolute Gasteiger partial charge is 0.461 e. The molecule has 4 atom stereocenters. The Kier molecular flexibility index (Phi) is 8.80. The van der Waals surface area contributed by atoms with Gasteiger partial charge < -0.3 is 25.0 Å². The van der Waals surface area contributed by atoms with E-state index in [0.717, 1.165) is 30.7 Å². The third kappa shape index (κ3) is 5.39. The number of carbonyl (C=O) groups excluding carboxylic acids is 1. The topological polar surface area (TPSA) is 145 Å². The average Bonchev–Trinajstić information content (AvgIpc) is 3.87. The van der Waals surface area contributed by atoms with E-state index in [4.69, 9.17) is 25.2 Å². The number of nitrogens with zero attached hydrogens (tertiary/aromatic N) is 7. The molecule has 3 aliphatic heterocycles. The minimum Gasteiger partial charge on any atom is -0.461 e. The molecule has 2 N–H and O–H groups in total. The first-order valence-corrected chi connectivity index (χ1v) is 17.3. The fourth-order valence-electron chi connectivity index (χ4n) is 8.21. The van der Waals surface area contributed by atoms with Crippen LogP contribution in [0.4, 0.5) is 19.6 Å². The van der Waals surface area contributed by atoms with Crippen LogP contribution in [0.1, 0.15) is 36.8 Å². The van der Waals surface area contributed by atoms with Gasteiger partial charge in [-0.2, -0.15) is 20.5 Å². The summed E-state index contributed by atoms with van der Waals surface area (Å²) >= 11 is 0.982. The van der Waals surface area contributed by atoms with Crippen molar-refractivity contribution in [1.82, 2.24) is 19.8 Å². The zero-order valence-corrected chi connectivity index (χ0v) is 28.6. The van der Waals surface area contributed by atoms with Crippen molar-refractivity contribution < 1.29 is 23.0 Å². The third-order valence-corrected chi connectivity index (χ3v) is 11.6. The Morgan fingerprint density at radius 3 is 2.74 bits per heavy atom. The lowest BCUT2D eigenvalue weighted by Crippen LogP contribution is -2.48. The van der Waals surface area contributed by atoms with E-state index in [1.165, 1.54) is 12.1 Å². The van der Waals surface area contributed by atoms with Gasteiger partial charge in [-0.3, -0.25) is 9.69 Å². The zero-order valence-electron chi connectivity index (χ0n) is 27.8. The van der Waals surface area contributed by atoms with Gasteiger partial charge >= 0.3 is 6.01 Å². The molecule has 3 aliphatic rings. The number of rotatable bonds is 9. The highest BCUT2D eigenvalue weighted by Gasteiger charge is 2.49. The van der Waals surface area contributed by atoms with E-state index < -0.39 is 17.5 Å². The Hall–Kier alpha value is -4.89. The summed E-state index contributed by atoms with van der Waals surface area (Å²) in [4.78, 5) is 28.3. The SMILES string of the molecule is C=CC(=O)N1CCC(N(C)c2nc(OC[C@@]34CCCN3C[C@H](F)C4)nc3c(C#N)c(-c4ccc(F)c5sc(N)c(C#N)c45)ccc23)C1COC. The molecule has 2 aromatic heterocycles. The van der Waals surface area contributed by atoms with E-state index in [2.05, 4.69) is 23.6 Å². The fraction of sp³-hybridized carbons (Fsp3) is 0.417. The van der Waals surface area contributed by atoms with Crippen LogP contribution in [0.15, 0.2) is 36.9 Å². The Morgan fingerprint density at radius 1 is 1.22 bits per heavy atom. The molecule has 0 aliphatic carbocycles. The highest BCUT2D eigenvalue weighted by molar-refractivity contribution is 7.23. The number of alkyl halides is 1. The standard InChI is InChI=1S/C36H36F2N8O3S/c1-4-29(47)46-13-10-27(28(46)18-48-3)44(2)34-23-7-6-21(22-8-9-26(38)32-30(22)25(16-40)33(41)50-32)24(15-39)31(23)42-35(43-34)49-19-36-11-5-12-45(36)17-20(37)14-36/h4,6-9,20,27-28H,1,5,10-14,17-19,41H2,2-3H3/t20-,27?,28?,36+/m1/s1. The molecule has 5 heterocycles. The Bertz CT molecular complexity index is 2110. The number of ether oxygens (including phenoxy) is 2. The average molecular weight is 699 g/mol. The number of likely N-dealkylation sites (N-methyl/N-ethyl adjacent to an activating group) is 1. The summed E-state index contributed by atoms with van der Waals surface area (Å²) in [5, 5.41) is 21.7. The van der Waals surface area contributed by atoms with Crippen molar-refractivity contribution in [2.45, 2.75) is 49.5 Å². The summed E-state index contributed by atoms with van der Waals surface area (Å²) in [6, 6.07) is 10.3. The predicted molar refractivity (Wildman–Crippen MR) is 187 cm³/mol. The second kappa shape index (κ2) is 13.1. The lowest BCUT2D eigenvalue weighted by Gasteiger charge is -2.34. The Labute approximate surface area is 292 Å². The van der Waals surface area contributed by atoms with Crippen molar-refractivity contribution in [3.05, 3.63) is 53.9 Å². The molecular formula is C36H36F2N8O3S. The molecule has 258 valence electrons. The number of anilines is 2. The van der Waals surface area contributed by atoms with Crippen LogP contribution in [-0.2, 0) is 9.53 Å². The molecule has 50 heavy (non-hydrogen) atoms. The lowest BCUT2D eigenvalue weighted by atomic mass is 9.93. The maximum atomic E-state index is 15.0. The number of hydrogen-bond acceptors (Lipinski definition) is 11. The van der Waals surface area contributed by atoms with Gasteiger partial charge in [0.2, 0.25) is 5.91 Å². The molecule has 2 aromatic carbocycles. The van der Waals surface area contributed by atoms with Gasteiger partial charge in [0.25, 0.3) is 0 Å². The number of nitriles is 2. The first kappa shape index (κ1) is 33.6. The van der Waals surface area contributed by atoms with Crippen LogP contribution in [-0.4, -0.2) is 96.5 Å². The number of aromatic nitrogens is 2. The van der Waals surface area contributed by atoms with Gasteiger partial charge in [0, 0.05) is 50.0 Å². The van der Waals surface area contributed by atoms with Gasteiger partial charge in [0.15, 0.2) is 0 Å². The van der Waals surface area contributed by atoms with Gasteiger partial charge in [-0.15, -0.1) is 11.3 Å². The molecule has 4 aromatic rings. The summed E-state index contributed by atoms with van der Waals surface area (Å²) in [6.07, 6.45) is 3.07. The highest BCUT2D eigenvalue weighted by Crippen LogP contribution is 2.44. The van der Waals surface area contributed by atoms with Crippen molar-refractivity contribution in [2.75, 3.05) is 57.6 Å². The number of benzene rings is 2. The highest BCUT2D eigenvalue weighted by atomic mass is 32.1. The molecule has 11 nitrogen and oxygen atoms in total. The van der Waals surface area contributed by atoms with Gasteiger partial charge in [0.1, 0.15) is 41.6 Å². The molecule has 0 spiro atoms. The van der Waals surface area contributed by atoms with Crippen LogP contribution >= 0.6 is 11.3 Å². The molecule has 0 radical (unpaired) electrons. The normalized spacial score (nSPS) is 23.2. The van der Waals surface area contributed by atoms with Crippen molar-refractivity contribution in [2.24, 2.45) is 0 Å². The van der Waals surface area contributed by atoms with Crippen molar-refractivity contribution in [1.29, 1.82) is 10.5 Å². The number of fused-ring (bicyclic) bond motifs is 3. The van der Waals surface area contributed by atoms with E-state index in [-0.39, 0.29) is 58.0 Å². The van der Waals surface area contributed by atoms with Gasteiger partial charge in [0.05, 0.1) is 45.6 Å². The number of halogens is 2. The minimum absolute atomic E-state index is 0.0265. The number of methoxy groups -OCH3 is 1. The molecular weight excluding hydrogens is 663 g/mol. The Balaban J connectivity index is 1.39. The Morgan fingerprint density at radius 2 is 2.00 bits per heavy atom. The summed E-state index contributed by atoms with van der Waals surface area (Å²) < 4.78 is 41.7. The summed E-state index contributed by atoms with van der Waals surface area (Å²) in [5.41, 5.74) is 7.20. The van der Waals surface area contributed by atoms with Crippen molar-refractivity contribution in [3.63, 3.8) is 0 Å². The van der Waals surface area contributed by atoms with Gasteiger partial charge in [-0.1, -0.05) is 18.7 Å². The van der Waals surface area contributed by atoms with E-state index in [1.807, 2.05) is 11.9 Å². The number of nitrogens with two attached hydrogens (primary N) is 1. The van der Waals surface area contributed by atoms with E-state index >= 15 is 0 Å². The van der Waals surface area contributed by atoms with E-state index in [9.17, 15) is 24.1 Å². The minimum atomic E-state index is -0.941. The molecule has 7 rings (SSSR count). The number of hydrogen-bond donors (Lipinski definition) is 1. The van der Waals surface area contributed by atoms with Gasteiger partial charge in [-0.05, 0) is 49.6 Å². The first-order chi connectivity index (χ1) is 24.1. The number of nitrogen functional groups attached to an aromatic ring is 1. The predicted octanol–water partition coefficient (Wildman–Crippen LogP) is 5.17. The van der Waals surface area contributed by atoms with Crippen molar-refractivity contribution in [3.8, 4) is 29.3 Å². The number of carbonyl (C=O) groups is 1. The van der Waals surface area contributed by atoms with Crippen LogP contribution in [0.2, 0.25) is 0 Å². The number of thiophene rings is 1. The molecule has 1 amide bonds. The van der Waals surface area contributed by atoms with Crippen LogP contribution in [0.3, 0.4) is 0 Å². The monoisotopic (exact) mass is 698 g/mol. The van der Waals surface area contributed by atoms with Crippen LogP contribution in [0.25, 0.3) is 32.1 Å². The smallest absolute Gasteiger partial charge is 0.319 e. The summed E-state index contributed by atoms with van der Waals surface area (Å²) in [7, 11) is 3.46. The lowest BCUT2D eigenvalue weighted by molar-refractivity contribution is -0.127. The molecule has 3 saturated heterocycles. The quantitative estimate of drug-likeness (QED) is 0.233. The van der Waals surface area contributed by atoms with Gasteiger partial charge in [-0.25, -0.2) is 8.78 Å². The zero-order chi connectivity index (χ0) is 35.3. The van der Waals surface area contributed by atoms with E-state index in [0.29, 0.717) is 59.2 Å². The summed E-state index contributed by atoms with van der Waals surface area (Å²) in [5.74, 6) is -0.239. The van der Waals surface area contributed by atoms with Crippen LogP contribution < -0.4 is 15.4 Å². The second-order valence-corrected chi connectivity index (χ2v) is 14.2. The van der Waals surface area contributed by atoms with Crippen LogP contribution in [0, 0.1) is 28.5 Å². The van der Waals surface area contributed by atoms with Crippen molar-refractivity contribution >= 4 is 49.1 Å². The second-order valence-electron chi connectivity index (χ2n) is 13.2. The molecule has 0 bridgehead atoms. The third-order valence-electron chi connectivity index (χ3n) is 10.5. The molecule has 14 heteroatoms. The summed E-state index contributed by atoms with van der Waals surface area (Å²) in [6.45, 7) is 5.77. The molecule has 0 saturated carbocycles. The molecule has 2 unspecified atom stereocenters. The molecule has 3 fully saturated rings. The maximum absolute atomic E-state index is 15.0. The van der Waals surface area contributed by atoms with Crippen LogP contribution in [0.5, 0.6) is 6.01 Å². The first-order valence-electron chi connectivity index (χ1n) is 16.5. The number of likely N-dealkylation sites (tertiary alicyclic amines) is 1. The maximum Gasteiger partial charge on any atom is 0.319 e.